The highest BCUT2D eigenvalue weighted by molar-refractivity contribution is 7.90. The van der Waals surface area contributed by atoms with Crippen LogP contribution in [0, 0.1) is 0 Å². The lowest BCUT2D eigenvalue weighted by atomic mass is 10.1. The van der Waals surface area contributed by atoms with E-state index < -0.39 is 15.7 Å². The lowest BCUT2D eigenvalue weighted by molar-refractivity contribution is 0.102. The highest BCUT2D eigenvalue weighted by Gasteiger charge is 2.15. The second kappa shape index (κ2) is 6.26. The summed E-state index contributed by atoms with van der Waals surface area (Å²) in [7, 11) is -3.42. The summed E-state index contributed by atoms with van der Waals surface area (Å²) < 4.78 is 23.3. The molecule has 0 bridgehead atoms. The van der Waals surface area contributed by atoms with Gasteiger partial charge in [-0.25, -0.2) is 8.42 Å². The molecule has 0 aliphatic carbocycles. The van der Waals surface area contributed by atoms with Gasteiger partial charge in [0.15, 0.2) is 9.84 Å². The number of hydrogen-bond acceptors (Lipinski definition) is 3. The second-order valence-corrected chi connectivity index (χ2v) is 7.85. The van der Waals surface area contributed by atoms with E-state index in [-0.39, 0.29) is 15.5 Å². The standard InChI is InChI=1S/C18H14ClNO3S/c1-24(22,23)15-8-9-17(19)16(11-15)18(21)20-14-7-6-12-4-2-3-5-13(12)10-14/h2-11H,1H3,(H,20,21). The zero-order valence-electron chi connectivity index (χ0n) is 12.8. The van der Waals surface area contributed by atoms with Crippen molar-refractivity contribution in [2.24, 2.45) is 0 Å². The Labute approximate surface area is 145 Å². The van der Waals surface area contributed by atoms with Gasteiger partial charge in [0.05, 0.1) is 15.5 Å². The topological polar surface area (TPSA) is 63.2 Å². The van der Waals surface area contributed by atoms with E-state index in [0.717, 1.165) is 17.0 Å². The van der Waals surface area contributed by atoms with Crippen molar-refractivity contribution < 1.29 is 13.2 Å². The Hall–Kier alpha value is -2.37. The van der Waals surface area contributed by atoms with Crippen LogP contribution in [0.4, 0.5) is 5.69 Å². The normalized spacial score (nSPS) is 11.4. The molecule has 0 fully saturated rings. The molecule has 1 N–H and O–H groups in total. The molecule has 6 heteroatoms. The minimum atomic E-state index is -3.42. The van der Waals surface area contributed by atoms with Crippen molar-refractivity contribution in [1.29, 1.82) is 0 Å². The van der Waals surface area contributed by atoms with Gasteiger partial charge in [0.2, 0.25) is 0 Å². The largest absolute Gasteiger partial charge is 0.322 e. The molecule has 0 aliphatic heterocycles. The Balaban J connectivity index is 1.94. The number of carbonyl (C=O) groups is 1. The minimum Gasteiger partial charge on any atom is -0.322 e. The van der Waals surface area contributed by atoms with E-state index >= 15 is 0 Å². The maximum absolute atomic E-state index is 12.5. The first-order chi connectivity index (χ1) is 11.3. The van der Waals surface area contributed by atoms with Crippen molar-refractivity contribution in [3.05, 3.63) is 71.2 Å². The van der Waals surface area contributed by atoms with Gasteiger partial charge < -0.3 is 5.32 Å². The number of fused-ring (bicyclic) bond motifs is 1. The van der Waals surface area contributed by atoms with Crippen LogP contribution in [-0.2, 0) is 9.84 Å². The molecule has 0 aliphatic rings. The Morgan fingerprint density at radius 1 is 0.958 bits per heavy atom. The average molecular weight is 360 g/mol. The highest BCUT2D eigenvalue weighted by atomic mass is 35.5. The monoisotopic (exact) mass is 359 g/mol. The van der Waals surface area contributed by atoms with Crippen LogP contribution in [0.25, 0.3) is 10.8 Å². The summed E-state index contributed by atoms with van der Waals surface area (Å²) in [5.74, 6) is -0.458. The van der Waals surface area contributed by atoms with Crippen LogP contribution < -0.4 is 5.32 Å². The first-order valence-electron chi connectivity index (χ1n) is 7.14. The molecule has 0 saturated heterocycles. The van der Waals surface area contributed by atoms with Crippen molar-refractivity contribution in [3.63, 3.8) is 0 Å². The van der Waals surface area contributed by atoms with Crippen LogP contribution in [0.15, 0.2) is 65.6 Å². The van der Waals surface area contributed by atoms with Gasteiger partial charge in [-0.3, -0.25) is 4.79 Å². The summed E-state index contributed by atoms with van der Waals surface area (Å²) in [6.45, 7) is 0. The number of anilines is 1. The van der Waals surface area contributed by atoms with Gasteiger partial charge in [-0.15, -0.1) is 0 Å². The van der Waals surface area contributed by atoms with Gasteiger partial charge in [0, 0.05) is 11.9 Å². The Bertz CT molecular complexity index is 1050. The SMILES string of the molecule is CS(=O)(=O)c1ccc(Cl)c(C(=O)Nc2ccc3ccccc3c2)c1. The molecule has 1 amide bonds. The summed E-state index contributed by atoms with van der Waals surface area (Å²) in [5, 5.41) is 5.00. The van der Waals surface area contributed by atoms with E-state index in [0.29, 0.717) is 5.69 Å². The molecule has 0 saturated carbocycles. The summed E-state index contributed by atoms with van der Waals surface area (Å²) in [5.41, 5.74) is 0.729. The molecule has 0 aromatic heterocycles. The maximum atomic E-state index is 12.5. The molecule has 4 nitrogen and oxygen atoms in total. The van der Waals surface area contributed by atoms with E-state index in [4.69, 9.17) is 11.6 Å². The van der Waals surface area contributed by atoms with Crippen LogP contribution in [-0.4, -0.2) is 20.6 Å². The highest BCUT2D eigenvalue weighted by Crippen LogP contribution is 2.23. The molecule has 0 radical (unpaired) electrons. The number of carbonyl (C=O) groups excluding carboxylic acids is 1. The Morgan fingerprint density at radius 3 is 2.38 bits per heavy atom. The smallest absolute Gasteiger partial charge is 0.257 e. The molecule has 122 valence electrons. The molecule has 24 heavy (non-hydrogen) atoms. The molecule has 0 spiro atoms. The number of benzene rings is 3. The number of amides is 1. The summed E-state index contributed by atoms with van der Waals surface area (Å²) >= 11 is 6.05. The quantitative estimate of drug-likeness (QED) is 0.764. The van der Waals surface area contributed by atoms with Crippen molar-refractivity contribution >= 4 is 43.8 Å². The van der Waals surface area contributed by atoms with Crippen molar-refractivity contribution in [3.8, 4) is 0 Å². The number of halogens is 1. The summed E-state index contributed by atoms with van der Waals surface area (Å²) in [6, 6.07) is 17.4. The molecular formula is C18H14ClNO3S. The fourth-order valence-corrected chi connectivity index (χ4v) is 3.23. The first kappa shape index (κ1) is 16.5. The predicted octanol–water partition coefficient (Wildman–Crippen LogP) is 4.15. The van der Waals surface area contributed by atoms with Gasteiger partial charge in [-0.1, -0.05) is 41.9 Å². The van der Waals surface area contributed by atoms with Crippen LogP contribution >= 0.6 is 11.6 Å². The fraction of sp³-hybridized carbons (Fsp3) is 0.0556. The lowest BCUT2D eigenvalue weighted by Crippen LogP contribution is -2.13. The van der Waals surface area contributed by atoms with Gasteiger partial charge in [0.25, 0.3) is 5.91 Å². The minimum absolute atomic E-state index is 0.0514. The van der Waals surface area contributed by atoms with Crippen LogP contribution in [0.5, 0.6) is 0 Å². The van der Waals surface area contributed by atoms with E-state index in [1.54, 1.807) is 6.07 Å². The van der Waals surface area contributed by atoms with Crippen LogP contribution in [0.1, 0.15) is 10.4 Å². The molecule has 3 aromatic carbocycles. The van der Waals surface area contributed by atoms with Crippen molar-refractivity contribution in [2.45, 2.75) is 4.90 Å². The number of hydrogen-bond donors (Lipinski definition) is 1. The first-order valence-corrected chi connectivity index (χ1v) is 9.41. The fourth-order valence-electron chi connectivity index (χ4n) is 2.37. The van der Waals surface area contributed by atoms with E-state index in [2.05, 4.69) is 5.32 Å². The number of sulfone groups is 1. The Morgan fingerprint density at radius 2 is 1.67 bits per heavy atom. The van der Waals surface area contributed by atoms with Gasteiger partial charge in [0.1, 0.15) is 0 Å². The van der Waals surface area contributed by atoms with E-state index in [1.165, 1.54) is 18.2 Å². The third kappa shape index (κ3) is 3.42. The van der Waals surface area contributed by atoms with Crippen LogP contribution in [0.3, 0.4) is 0 Å². The van der Waals surface area contributed by atoms with E-state index in [9.17, 15) is 13.2 Å². The molecule has 0 heterocycles. The lowest BCUT2D eigenvalue weighted by Gasteiger charge is -2.09. The zero-order valence-corrected chi connectivity index (χ0v) is 14.4. The summed E-state index contributed by atoms with van der Waals surface area (Å²) in [4.78, 5) is 12.5. The zero-order chi connectivity index (χ0) is 17.3. The Kier molecular flexibility index (Phi) is 4.30. The van der Waals surface area contributed by atoms with Gasteiger partial charge in [-0.05, 0) is 41.1 Å². The third-order valence-electron chi connectivity index (χ3n) is 3.62. The molecule has 3 aromatic rings. The van der Waals surface area contributed by atoms with E-state index in [1.807, 2.05) is 36.4 Å². The number of nitrogens with one attached hydrogen (secondary N) is 1. The molecule has 0 atom stereocenters. The molecule has 3 rings (SSSR count). The van der Waals surface area contributed by atoms with Gasteiger partial charge in [-0.2, -0.15) is 0 Å². The second-order valence-electron chi connectivity index (χ2n) is 5.43. The number of rotatable bonds is 3. The summed E-state index contributed by atoms with van der Waals surface area (Å²) in [6.07, 6.45) is 1.08. The van der Waals surface area contributed by atoms with Gasteiger partial charge >= 0.3 is 0 Å². The van der Waals surface area contributed by atoms with Crippen LogP contribution in [0.2, 0.25) is 5.02 Å². The maximum Gasteiger partial charge on any atom is 0.257 e. The average Bonchev–Trinajstić information content (AvgIpc) is 2.54. The molecular weight excluding hydrogens is 346 g/mol. The van der Waals surface area contributed by atoms with Crippen molar-refractivity contribution in [2.75, 3.05) is 11.6 Å². The molecule has 0 unspecified atom stereocenters. The van der Waals surface area contributed by atoms with Crippen molar-refractivity contribution in [1.82, 2.24) is 0 Å². The predicted molar refractivity (Wildman–Crippen MR) is 96.5 cm³/mol. The third-order valence-corrected chi connectivity index (χ3v) is 5.06.